The van der Waals surface area contributed by atoms with Gasteiger partial charge in [-0.1, -0.05) is 30.3 Å². The van der Waals surface area contributed by atoms with E-state index in [1.807, 2.05) is 30.3 Å². The molecule has 126 valence electrons. The van der Waals surface area contributed by atoms with Crippen LogP contribution < -0.4 is 24.4 Å². The predicted molar refractivity (Wildman–Crippen MR) is 86.8 cm³/mol. The van der Waals surface area contributed by atoms with Gasteiger partial charge in [0.25, 0.3) is 5.91 Å². The van der Waals surface area contributed by atoms with Crippen molar-refractivity contribution < 1.29 is 28.9 Å². The summed E-state index contributed by atoms with van der Waals surface area (Å²) in [5.74, 6) is 0.270. The van der Waals surface area contributed by atoms with Crippen LogP contribution in [0, 0.1) is 0 Å². The minimum Gasteiger partial charge on any atom is -0.492 e. The van der Waals surface area contributed by atoms with Gasteiger partial charge in [-0.05, 0) is 21.5 Å². The number of ether oxygens (including phenoxy) is 4. The number of benzene rings is 2. The second-order valence-corrected chi connectivity index (χ2v) is 5.62. The fraction of sp³-hybridized carbons (Fsp3) is 0.188. The van der Waals surface area contributed by atoms with E-state index in [1.165, 1.54) is 7.11 Å². The molecule has 0 aliphatic carbocycles. The minimum absolute atomic E-state index is 0.0238. The van der Waals surface area contributed by atoms with E-state index in [2.05, 4.69) is 15.9 Å². The molecule has 0 saturated heterocycles. The summed E-state index contributed by atoms with van der Waals surface area (Å²) in [7, 11) is 1.39. The Bertz CT molecular complexity index is 765. The molecule has 0 atom stereocenters. The summed E-state index contributed by atoms with van der Waals surface area (Å²) in [4.78, 5) is 12.0. The van der Waals surface area contributed by atoms with Crippen LogP contribution in [0.2, 0.25) is 0 Å². The second kappa shape index (κ2) is 6.98. The van der Waals surface area contributed by atoms with E-state index < -0.39 is 5.91 Å². The van der Waals surface area contributed by atoms with Crippen LogP contribution in [0.15, 0.2) is 34.8 Å². The Morgan fingerprint density at radius 1 is 1.25 bits per heavy atom. The van der Waals surface area contributed by atoms with E-state index in [9.17, 15) is 4.79 Å². The standard InChI is InChI=1S/C16H14BrNO6/c1-21-12-10(16(19)18-20)11(17)13(15-14(12)23-8-24-15)22-7-9-5-3-2-4-6-9/h2-6,20H,7-8H2,1H3,(H,18,19). The molecule has 8 heteroatoms. The maximum absolute atomic E-state index is 12.0. The molecule has 0 bridgehead atoms. The molecule has 0 saturated carbocycles. The molecule has 2 aromatic carbocycles. The Labute approximate surface area is 146 Å². The van der Waals surface area contributed by atoms with Gasteiger partial charge in [0.15, 0.2) is 11.5 Å². The number of hydrogen-bond acceptors (Lipinski definition) is 6. The molecular weight excluding hydrogens is 382 g/mol. The molecule has 1 heterocycles. The number of carbonyl (C=O) groups excluding carboxylic acids is 1. The molecule has 1 aliphatic heterocycles. The largest absolute Gasteiger partial charge is 0.492 e. The van der Waals surface area contributed by atoms with Gasteiger partial charge >= 0.3 is 0 Å². The van der Waals surface area contributed by atoms with Crippen molar-refractivity contribution in [2.75, 3.05) is 13.9 Å². The fourth-order valence-electron chi connectivity index (χ4n) is 2.35. The second-order valence-electron chi connectivity index (χ2n) is 4.83. The lowest BCUT2D eigenvalue weighted by molar-refractivity contribution is 0.0701. The first-order valence-corrected chi connectivity index (χ1v) is 7.76. The van der Waals surface area contributed by atoms with E-state index >= 15 is 0 Å². The van der Waals surface area contributed by atoms with Crippen molar-refractivity contribution >= 4 is 21.8 Å². The third kappa shape index (κ3) is 2.85. The Kier molecular flexibility index (Phi) is 4.77. The Morgan fingerprint density at radius 2 is 1.92 bits per heavy atom. The zero-order valence-electron chi connectivity index (χ0n) is 12.7. The number of fused-ring (bicyclic) bond motifs is 1. The number of rotatable bonds is 5. The zero-order chi connectivity index (χ0) is 17.1. The molecule has 2 N–H and O–H groups in total. The van der Waals surface area contributed by atoms with Gasteiger partial charge in [-0.15, -0.1) is 0 Å². The third-order valence-electron chi connectivity index (χ3n) is 3.43. The maximum Gasteiger partial charge on any atom is 0.279 e. The van der Waals surface area contributed by atoms with Gasteiger partial charge in [-0.2, -0.15) is 0 Å². The van der Waals surface area contributed by atoms with Gasteiger partial charge in [0.2, 0.25) is 18.3 Å². The smallest absolute Gasteiger partial charge is 0.279 e. The van der Waals surface area contributed by atoms with E-state index in [1.54, 1.807) is 5.48 Å². The van der Waals surface area contributed by atoms with Gasteiger partial charge in [-0.3, -0.25) is 10.0 Å². The van der Waals surface area contributed by atoms with Crippen LogP contribution in [0.25, 0.3) is 0 Å². The van der Waals surface area contributed by atoms with Gasteiger partial charge in [-0.25, -0.2) is 5.48 Å². The highest BCUT2D eigenvalue weighted by Crippen LogP contribution is 2.54. The molecule has 7 nitrogen and oxygen atoms in total. The van der Waals surface area contributed by atoms with Crippen molar-refractivity contribution in [2.45, 2.75) is 6.61 Å². The number of carbonyl (C=O) groups is 1. The average Bonchev–Trinajstić information content (AvgIpc) is 3.09. The first kappa shape index (κ1) is 16.4. The van der Waals surface area contributed by atoms with E-state index in [4.69, 9.17) is 24.2 Å². The zero-order valence-corrected chi connectivity index (χ0v) is 14.3. The lowest BCUT2D eigenvalue weighted by Gasteiger charge is -2.17. The van der Waals surface area contributed by atoms with Crippen molar-refractivity contribution in [3.8, 4) is 23.0 Å². The van der Waals surface area contributed by atoms with Crippen molar-refractivity contribution in [3.63, 3.8) is 0 Å². The van der Waals surface area contributed by atoms with Crippen LogP contribution in [0.5, 0.6) is 23.0 Å². The van der Waals surface area contributed by atoms with Gasteiger partial charge < -0.3 is 18.9 Å². The summed E-state index contributed by atoms with van der Waals surface area (Å²) in [6, 6.07) is 9.53. The summed E-state index contributed by atoms with van der Waals surface area (Å²) in [6.45, 7) is 0.242. The molecular formula is C16H14BrNO6. The average molecular weight is 396 g/mol. The molecule has 3 rings (SSSR count). The number of halogens is 1. The first-order valence-electron chi connectivity index (χ1n) is 6.97. The van der Waals surface area contributed by atoms with Crippen LogP contribution in [0.1, 0.15) is 15.9 Å². The molecule has 1 aliphatic rings. The van der Waals surface area contributed by atoms with Gasteiger partial charge in [0.1, 0.15) is 12.2 Å². The number of nitrogens with one attached hydrogen (secondary N) is 1. The van der Waals surface area contributed by atoms with E-state index in [0.29, 0.717) is 16.0 Å². The van der Waals surface area contributed by atoms with Crippen LogP contribution >= 0.6 is 15.9 Å². The molecule has 0 fully saturated rings. The van der Waals surface area contributed by atoms with Crippen molar-refractivity contribution in [1.29, 1.82) is 0 Å². The lowest BCUT2D eigenvalue weighted by atomic mass is 10.1. The van der Waals surface area contributed by atoms with Crippen molar-refractivity contribution in [2.24, 2.45) is 0 Å². The van der Waals surface area contributed by atoms with E-state index in [0.717, 1.165) is 5.56 Å². The lowest BCUT2D eigenvalue weighted by Crippen LogP contribution is -2.20. The molecule has 2 aromatic rings. The molecule has 1 amide bonds. The highest BCUT2D eigenvalue weighted by molar-refractivity contribution is 9.10. The number of amides is 1. The maximum atomic E-state index is 12.0. The Morgan fingerprint density at radius 3 is 2.54 bits per heavy atom. The normalized spacial score (nSPS) is 12.0. The molecule has 0 unspecified atom stereocenters. The molecule has 0 aromatic heterocycles. The minimum atomic E-state index is -0.762. The van der Waals surface area contributed by atoms with Crippen LogP contribution in [-0.4, -0.2) is 25.0 Å². The van der Waals surface area contributed by atoms with Crippen molar-refractivity contribution in [1.82, 2.24) is 5.48 Å². The summed E-state index contributed by atoms with van der Waals surface area (Å²) in [6.07, 6.45) is 0. The predicted octanol–water partition coefficient (Wildman–Crippen LogP) is 2.88. The highest BCUT2D eigenvalue weighted by atomic mass is 79.9. The summed E-state index contributed by atoms with van der Waals surface area (Å²) < 4.78 is 22.2. The monoisotopic (exact) mass is 395 g/mol. The molecule has 0 radical (unpaired) electrons. The molecule has 0 spiro atoms. The number of hydroxylamine groups is 1. The Balaban J connectivity index is 2.05. The third-order valence-corrected chi connectivity index (χ3v) is 4.19. The summed E-state index contributed by atoms with van der Waals surface area (Å²) >= 11 is 3.33. The number of methoxy groups -OCH3 is 1. The van der Waals surface area contributed by atoms with Crippen LogP contribution in [0.4, 0.5) is 0 Å². The quantitative estimate of drug-likeness (QED) is 0.597. The van der Waals surface area contributed by atoms with Crippen molar-refractivity contribution in [3.05, 3.63) is 45.9 Å². The number of hydrogen-bond donors (Lipinski definition) is 2. The topological polar surface area (TPSA) is 86.3 Å². The summed E-state index contributed by atoms with van der Waals surface area (Å²) in [5, 5.41) is 8.99. The molecule has 24 heavy (non-hydrogen) atoms. The van der Waals surface area contributed by atoms with Gasteiger partial charge in [0, 0.05) is 0 Å². The fourth-order valence-corrected chi connectivity index (χ4v) is 3.01. The first-order chi connectivity index (χ1) is 11.7. The highest BCUT2D eigenvalue weighted by Gasteiger charge is 2.33. The SMILES string of the molecule is COc1c2c(c(OCc3ccccc3)c(Br)c1C(=O)NO)OCO2. The van der Waals surface area contributed by atoms with Crippen LogP contribution in [-0.2, 0) is 6.61 Å². The van der Waals surface area contributed by atoms with E-state index in [-0.39, 0.29) is 30.5 Å². The summed E-state index contributed by atoms with van der Waals surface area (Å²) in [5.41, 5.74) is 2.58. The van der Waals surface area contributed by atoms with Gasteiger partial charge in [0.05, 0.1) is 11.6 Å². The van der Waals surface area contributed by atoms with Crippen LogP contribution in [0.3, 0.4) is 0 Å². The Hall–Kier alpha value is -2.45.